The first-order valence-electron chi connectivity index (χ1n) is 11.6. The molecule has 34 heavy (non-hydrogen) atoms. The first kappa shape index (κ1) is 24.3. The molecule has 8 heteroatoms. The van der Waals surface area contributed by atoms with Crippen LogP contribution in [0.15, 0.2) is 59.4 Å². The zero-order valence-electron chi connectivity index (χ0n) is 20.6. The molecule has 1 amide bonds. The fourth-order valence-corrected chi connectivity index (χ4v) is 4.84. The van der Waals surface area contributed by atoms with Crippen LogP contribution in [0.4, 0.5) is 0 Å². The first-order chi connectivity index (χ1) is 16.0. The molecule has 0 fully saturated rings. The number of hydrogen-bond acceptors (Lipinski definition) is 5. The number of nitrogens with zero attached hydrogens (tertiary/aromatic N) is 3. The lowest BCUT2D eigenvalue weighted by Gasteiger charge is -2.25. The topological polar surface area (TPSA) is 102 Å². The number of H-pyrrole nitrogens is 1. The van der Waals surface area contributed by atoms with Gasteiger partial charge in [-0.05, 0) is 37.5 Å². The number of fused-ring (bicyclic) bond motifs is 1. The number of aromatic nitrogens is 4. The maximum Gasteiger partial charge on any atom is 0.240 e. The Labute approximate surface area is 205 Å². The zero-order chi connectivity index (χ0) is 24.5. The van der Waals surface area contributed by atoms with Crippen molar-refractivity contribution >= 4 is 28.6 Å². The molecule has 0 spiro atoms. The van der Waals surface area contributed by atoms with E-state index in [1.54, 1.807) is 25.6 Å². The van der Waals surface area contributed by atoms with Crippen LogP contribution in [0.25, 0.3) is 10.9 Å². The lowest BCUT2D eigenvalue weighted by Crippen LogP contribution is -2.50. The van der Waals surface area contributed by atoms with Crippen LogP contribution in [-0.4, -0.2) is 35.9 Å². The average Bonchev–Trinajstić information content (AvgIpc) is 3.48. The summed E-state index contributed by atoms with van der Waals surface area (Å²) in [5.41, 5.74) is 8.59. The highest BCUT2D eigenvalue weighted by molar-refractivity contribution is 8.00. The Hall–Kier alpha value is -2.84. The quantitative estimate of drug-likeness (QED) is 0.408. The summed E-state index contributed by atoms with van der Waals surface area (Å²) in [5, 5.41) is 14.3. The van der Waals surface area contributed by atoms with Crippen LogP contribution < -0.4 is 11.1 Å². The zero-order valence-corrected chi connectivity index (χ0v) is 21.4. The molecule has 3 aromatic rings. The van der Waals surface area contributed by atoms with Crippen molar-refractivity contribution in [3.8, 4) is 0 Å². The molecule has 1 atom stereocenters. The van der Waals surface area contributed by atoms with E-state index in [4.69, 9.17) is 5.73 Å². The number of nitrogens with one attached hydrogen (secondary N) is 2. The molecule has 0 unspecified atom stereocenters. The second kappa shape index (κ2) is 9.43. The van der Waals surface area contributed by atoms with Crippen LogP contribution >= 0.6 is 11.8 Å². The second-order valence-electron chi connectivity index (χ2n) is 10.4. The van der Waals surface area contributed by atoms with Gasteiger partial charge in [-0.3, -0.25) is 4.79 Å². The van der Waals surface area contributed by atoms with Crippen molar-refractivity contribution in [2.24, 2.45) is 5.73 Å². The number of para-hydroxylation sites is 1. The highest BCUT2D eigenvalue weighted by atomic mass is 32.2. The molecule has 0 radical (unpaired) electrons. The molecule has 180 valence electrons. The van der Waals surface area contributed by atoms with Crippen molar-refractivity contribution in [1.82, 2.24) is 25.1 Å². The largest absolute Gasteiger partial charge is 0.361 e. The summed E-state index contributed by atoms with van der Waals surface area (Å²) in [6.45, 7) is 10.6. The van der Waals surface area contributed by atoms with E-state index in [1.807, 2.05) is 18.3 Å². The number of carbonyl (C=O) groups is 1. The molecule has 2 aromatic heterocycles. The smallest absolute Gasteiger partial charge is 0.240 e. The number of rotatable bonds is 8. The van der Waals surface area contributed by atoms with Crippen molar-refractivity contribution in [2.45, 2.75) is 75.5 Å². The molecule has 0 bridgehead atoms. The van der Waals surface area contributed by atoms with E-state index in [1.165, 1.54) is 5.57 Å². The standard InChI is InChI=1S/C26H34N6OS/c1-25(2,3)34-24-31-30-22(32(24)16-17-10-6-7-11-17)21(29-23(33)26(4,5)27)14-18-15-28-20-13-9-8-12-19(18)20/h6-10,12-13,15,21,28H,11,14,16,27H2,1-5H3,(H,29,33)/t21-/m1/s1. The summed E-state index contributed by atoms with van der Waals surface area (Å²) >= 11 is 1.68. The molecular formula is C26H34N6OS. The molecule has 1 aromatic carbocycles. The van der Waals surface area contributed by atoms with Gasteiger partial charge in [-0.15, -0.1) is 10.2 Å². The third kappa shape index (κ3) is 5.62. The number of carbonyl (C=O) groups excluding carboxylic acids is 1. The molecular weight excluding hydrogens is 444 g/mol. The Morgan fingerprint density at radius 3 is 2.68 bits per heavy atom. The minimum atomic E-state index is -1.01. The molecule has 0 saturated carbocycles. The van der Waals surface area contributed by atoms with Crippen molar-refractivity contribution in [3.63, 3.8) is 0 Å². The molecule has 4 N–H and O–H groups in total. The predicted molar refractivity (Wildman–Crippen MR) is 139 cm³/mol. The van der Waals surface area contributed by atoms with Gasteiger partial charge in [0.2, 0.25) is 5.91 Å². The van der Waals surface area contributed by atoms with Crippen LogP contribution in [0, 0.1) is 0 Å². The summed E-state index contributed by atoms with van der Waals surface area (Å²) in [6.07, 6.45) is 9.86. The van der Waals surface area contributed by atoms with Gasteiger partial charge in [-0.2, -0.15) is 0 Å². The van der Waals surface area contributed by atoms with E-state index in [-0.39, 0.29) is 16.7 Å². The van der Waals surface area contributed by atoms with Gasteiger partial charge in [0.05, 0.1) is 11.6 Å². The van der Waals surface area contributed by atoms with Crippen molar-refractivity contribution in [2.75, 3.05) is 0 Å². The number of thioether (sulfide) groups is 1. The van der Waals surface area contributed by atoms with E-state index < -0.39 is 5.54 Å². The Balaban J connectivity index is 1.75. The number of benzene rings is 1. The third-order valence-corrected chi connectivity index (χ3v) is 6.75. The highest BCUT2D eigenvalue weighted by Crippen LogP contribution is 2.34. The Morgan fingerprint density at radius 2 is 2.00 bits per heavy atom. The minimum Gasteiger partial charge on any atom is -0.361 e. The molecule has 2 heterocycles. The molecule has 0 aliphatic heterocycles. The maximum atomic E-state index is 13.0. The lowest BCUT2D eigenvalue weighted by atomic mass is 10.0. The number of nitrogens with two attached hydrogens (primary N) is 1. The van der Waals surface area contributed by atoms with Gasteiger partial charge < -0.3 is 20.6 Å². The first-order valence-corrected chi connectivity index (χ1v) is 12.4. The minimum absolute atomic E-state index is 0.0286. The third-order valence-electron chi connectivity index (χ3n) is 5.65. The summed E-state index contributed by atoms with van der Waals surface area (Å²) in [5.74, 6) is 0.515. The van der Waals surface area contributed by atoms with E-state index in [2.05, 4.69) is 76.2 Å². The molecule has 1 aliphatic rings. The van der Waals surface area contributed by atoms with Crippen LogP contribution in [0.2, 0.25) is 0 Å². The predicted octanol–water partition coefficient (Wildman–Crippen LogP) is 4.67. The summed E-state index contributed by atoms with van der Waals surface area (Å²) < 4.78 is 2.12. The number of allylic oxidation sites excluding steroid dienone is 4. The van der Waals surface area contributed by atoms with Crippen molar-refractivity contribution in [3.05, 3.63) is 65.7 Å². The van der Waals surface area contributed by atoms with E-state index in [0.29, 0.717) is 13.0 Å². The van der Waals surface area contributed by atoms with Gasteiger partial charge in [0.1, 0.15) is 0 Å². The summed E-state index contributed by atoms with van der Waals surface area (Å²) in [4.78, 5) is 16.3. The second-order valence-corrected chi connectivity index (χ2v) is 12.2. The van der Waals surface area contributed by atoms with Gasteiger partial charge in [-0.1, -0.05) is 69.0 Å². The van der Waals surface area contributed by atoms with Crippen LogP contribution in [0.3, 0.4) is 0 Å². The van der Waals surface area contributed by atoms with E-state index in [9.17, 15) is 4.79 Å². The van der Waals surface area contributed by atoms with Crippen LogP contribution in [-0.2, 0) is 17.8 Å². The van der Waals surface area contributed by atoms with Gasteiger partial charge in [-0.25, -0.2) is 0 Å². The van der Waals surface area contributed by atoms with E-state index >= 15 is 0 Å². The SMILES string of the molecule is CC(C)(C)Sc1nnc([C@@H](Cc2c[nH]c3ccccc23)NC(=O)C(C)(C)N)n1CC1=CC=CC1. The average molecular weight is 479 g/mol. The Morgan fingerprint density at radius 1 is 1.24 bits per heavy atom. The van der Waals surface area contributed by atoms with Gasteiger partial charge in [0.15, 0.2) is 11.0 Å². The molecule has 7 nitrogen and oxygen atoms in total. The van der Waals surface area contributed by atoms with Gasteiger partial charge in [0, 0.05) is 34.8 Å². The molecule has 4 rings (SSSR count). The molecule has 1 aliphatic carbocycles. The summed E-state index contributed by atoms with van der Waals surface area (Å²) in [6, 6.07) is 7.79. The number of aromatic amines is 1. The number of amides is 1. The van der Waals surface area contributed by atoms with Crippen molar-refractivity contribution in [1.29, 1.82) is 0 Å². The van der Waals surface area contributed by atoms with Crippen LogP contribution in [0.1, 0.15) is 58.5 Å². The Kier molecular flexibility index (Phi) is 6.73. The fraction of sp³-hybridized carbons (Fsp3) is 0.423. The Bertz CT molecular complexity index is 1240. The highest BCUT2D eigenvalue weighted by Gasteiger charge is 2.30. The van der Waals surface area contributed by atoms with E-state index in [0.717, 1.165) is 33.9 Å². The number of hydrogen-bond donors (Lipinski definition) is 3. The monoisotopic (exact) mass is 478 g/mol. The fourth-order valence-electron chi connectivity index (χ4n) is 3.94. The maximum absolute atomic E-state index is 13.0. The lowest BCUT2D eigenvalue weighted by molar-refractivity contribution is -0.126. The van der Waals surface area contributed by atoms with Crippen LogP contribution in [0.5, 0.6) is 0 Å². The van der Waals surface area contributed by atoms with Crippen molar-refractivity contribution < 1.29 is 4.79 Å². The normalized spacial score (nSPS) is 15.1. The van der Waals surface area contributed by atoms with Gasteiger partial charge in [0.25, 0.3) is 0 Å². The molecule has 0 saturated heterocycles. The van der Waals surface area contributed by atoms with Gasteiger partial charge >= 0.3 is 0 Å². The summed E-state index contributed by atoms with van der Waals surface area (Å²) in [7, 11) is 0.